The number of carbonyl (C=O) groups excluding carboxylic acids is 1. The van der Waals surface area contributed by atoms with E-state index in [4.69, 9.17) is 9.47 Å². The molecule has 0 radical (unpaired) electrons. The van der Waals surface area contributed by atoms with Crippen LogP contribution in [0.3, 0.4) is 0 Å². The maximum atomic E-state index is 12.5. The van der Waals surface area contributed by atoms with E-state index in [9.17, 15) is 4.79 Å². The van der Waals surface area contributed by atoms with Crippen LogP contribution in [0.15, 0.2) is 48.7 Å². The highest BCUT2D eigenvalue weighted by Crippen LogP contribution is 2.30. The summed E-state index contributed by atoms with van der Waals surface area (Å²) in [5, 5.41) is 0. The molecule has 1 aromatic carbocycles. The number of fused-ring (bicyclic) bond motifs is 1. The first kappa shape index (κ1) is 18.0. The standard InChI is InChI=1S/C21H24N2O3/c1-5-21(3,4)20(24)26-19-15(2)22-18-17(12-9-13-23(18)19)25-14-16-10-7-6-8-11-16/h6-13H,5,14H2,1-4H3. The summed E-state index contributed by atoms with van der Waals surface area (Å²) in [7, 11) is 0. The number of nitrogens with zero attached hydrogens (tertiary/aromatic N) is 2. The lowest BCUT2D eigenvalue weighted by Gasteiger charge is -2.20. The molecule has 0 spiro atoms. The Labute approximate surface area is 153 Å². The van der Waals surface area contributed by atoms with Crippen LogP contribution >= 0.6 is 0 Å². The highest BCUT2D eigenvalue weighted by atomic mass is 16.5. The average molecular weight is 352 g/mol. The van der Waals surface area contributed by atoms with Crippen LogP contribution in [0.4, 0.5) is 0 Å². The fourth-order valence-corrected chi connectivity index (χ4v) is 2.48. The van der Waals surface area contributed by atoms with Gasteiger partial charge < -0.3 is 9.47 Å². The van der Waals surface area contributed by atoms with Crippen molar-refractivity contribution in [1.82, 2.24) is 9.38 Å². The molecule has 136 valence electrons. The minimum absolute atomic E-state index is 0.263. The summed E-state index contributed by atoms with van der Waals surface area (Å²) in [5.41, 5.74) is 1.83. The Morgan fingerprint density at radius 1 is 1.15 bits per heavy atom. The Morgan fingerprint density at radius 3 is 2.58 bits per heavy atom. The van der Waals surface area contributed by atoms with Crippen LogP contribution in [0.2, 0.25) is 0 Å². The number of imidazole rings is 1. The van der Waals surface area contributed by atoms with Gasteiger partial charge in [-0.2, -0.15) is 0 Å². The molecule has 0 unspecified atom stereocenters. The van der Waals surface area contributed by atoms with Gasteiger partial charge in [0, 0.05) is 6.20 Å². The van der Waals surface area contributed by atoms with Crippen LogP contribution in [0, 0.1) is 12.3 Å². The van der Waals surface area contributed by atoms with Crippen LogP contribution in [0.1, 0.15) is 38.4 Å². The second-order valence-corrected chi connectivity index (χ2v) is 6.97. The molecule has 0 saturated heterocycles. The van der Waals surface area contributed by atoms with Gasteiger partial charge in [-0.25, -0.2) is 4.98 Å². The van der Waals surface area contributed by atoms with Crippen molar-refractivity contribution in [3.8, 4) is 11.6 Å². The third-order valence-corrected chi connectivity index (χ3v) is 4.60. The number of aromatic nitrogens is 2. The van der Waals surface area contributed by atoms with Crippen molar-refractivity contribution < 1.29 is 14.3 Å². The van der Waals surface area contributed by atoms with Gasteiger partial charge in [-0.3, -0.25) is 9.20 Å². The predicted molar refractivity (Wildman–Crippen MR) is 100 cm³/mol. The van der Waals surface area contributed by atoms with Crippen molar-refractivity contribution in [3.05, 3.63) is 59.9 Å². The average Bonchev–Trinajstić information content (AvgIpc) is 2.97. The summed E-state index contributed by atoms with van der Waals surface area (Å²) in [4.78, 5) is 17.0. The van der Waals surface area contributed by atoms with Gasteiger partial charge >= 0.3 is 5.97 Å². The van der Waals surface area contributed by atoms with Gasteiger partial charge in [-0.15, -0.1) is 0 Å². The molecule has 0 aliphatic heterocycles. The SMILES string of the molecule is CCC(C)(C)C(=O)Oc1c(C)nc2c(OCc3ccccc3)cccn12. The highest BCUT2D eigenvalue weighted by molar-refractivity contribution is 5.78. The van der Waals surface area contributed by atoms with E-state index in [1.165, 1.54) is 0 Å². The van der Waals surface area contributed by atoms with Crippen LogP contribution in [0.25, 0.3) is 5.65 Å². The quantitative estimate of drug-likeness (QED) is 0.610. The number of benzene rings is 1. The minimum Gasteiger partial charge on any atom is -0.485 e. The molecule has 0 atom stereocenters. The van der Waals surface area contributed by atoms with Crippen molar-refractivity contribution in [3.63, 3.8) is 0 Å². The Morgan fingerprint density at radius 2 is 1.88 bits per heavy atom. The monoisotopic (exact) mass is 352 g/mol. The largest absolute Gasteiger partial charge is 0.485 e. The van der Waals surface area contributed by atoms with E-state index in [1.807, 2.05) is 76.4 Å². The third-order valence-electron chi connectivity index (χ3n) is 4.60. The maximum Gasteiger partial charge on any atom is 0.318 e. The Kier molecular flexibility index (Phi) is 4.98. The molecule has 0 bridgehead atoms. The topological polar surface area (TPSA) is 52.8 Å². The predicted octanol–water partition coefficient (Wildman–Crippen LogP) is 4.56. The van der Waals surface area contributed by atoms with Gasteiger partial charge in [0.25, 0.3) is 0 Å². The second kappa shape index (κ2) is 7.20. The number of carbonyl (C=O) groups is 1. The summed E-state index contributed by atoms with van der Waals surface area (Å²) in [5.74, 6) is 0.827. The van der Waals surface area contributed by atoms with Crippen molar-refractivity contribution >= 4 is 11.6 Å². The summed E-state index contributed by atoms with van der Waals surface area (Å²) in [6.07, 6.45) is 2.53. The Bertz CT molecular complexity index is 914. The number of ether oxygens (including phenoxy) is 2. The molecule has 0 amide bonds. The zero-order valence-corrected chi connectivity index (χ0v) is 15.7. The fourth-order valence-electron chi connectivity index (χ4n) is 2.48. The van der Waals surface area contributed by atoms with Gasteiger partial charge in [-0.1, -0.05) is 37.3 Å². The molecule has 0 saturated carbocycles. The van der Waals surface area contributed by atoms with Crippen LogP contribution in [0.5, 0.6) is 11.6 Å². The Balaban J connectivity index is 1.88. The fraction of sp³-hybridized carbons (Fsp3) is 0.333. The normalized spacial score (nSPS) is 11.5. The van der Waals surface area contributed by atoms with E-state index in [0.717, 1.165) is 5.56 Å². The van der Waals surface area contributed by atoms with Gasteiger partial charge in [-0.05, 0) is 44.9 Å². The number of hydrogen-bond donors (Lipinski definition) is 0. The molecular formula is C21H24N2O3. The smallest absolute Gasteiger partial charge is 0.318 e. The molecule has 0 aliphatic carbocycles. The van der Waals surface area contributed by atoms with Gasteiger partial charge in [0.15, 0.2) is 11.4 Å². The molecule has 3 aromatic rings. The number of esters is 1. The first-order valence-corrected chi connectivity index (χ1v) is 8.79. The molecule has 0 aliphatic rings. The first-order chi connectivity index (χ1) is 12.4. The number of rotatable bonds is 6. The summed E-state index contributed by atoms with van der Waals surface area (Å²) >= 11 is 0. The van der Waals surface area contributed by atoms with Crippen molar-refractivity contribution in [2.24, 2.45) is 5.41 Å². The summed E-state index contributed by atoms with van der Waals surface area (Å²) in [6.45, 7) is 8.00. The van der Waals surface area contributed by atoms with E-state index in [1.54, 1.807) is 4.40 Å². The zero-order valence-electron chi connectivity index (χ0n) is 15.7. The van der Waals surface area contributed by atoms with E-state index >= 15 is 0 Å². The lowest BCUT2D eigenvalue weighted by atomic mass is 9.91. The van der Waals surface area contributed by atoms with Crippen molar-refractivity contribution in [2.45, 2.75) is 40.7 Å². The van der Waals surface area contributed by atoms with Crippen molar-refractivity contribution in [1.29, 1.82) is 0 Å². The second-order valence-electron chi connectivity index (χ2n) is 6.97. The molecule has 2 aromatic heterocycles. The molecule has 0 N–H and O–H groups in total. The van der Waals surface area contributed by atoms with E-state index in [2.05, 4.69) is 4.98 Å². The number of aryl methyl sites for hydroxylation is 1. The third kappa shape index (κ3) is 3.57. The van der Waals surface area contributed by atoms with Gasteiger partial charge in [0.1, 0.15) is 12.3 Å². The zero-order chi connectivity index (χ0) is 18.7. The lowest BCUT2D eigenvalue weighted by Crippen LogP contribution is -2.28. The molecule has 2 heterocycles. The summed E-state index contributed by atoms with van der Waals surface area (Å²) < 4.78 is 13.4. The maximum absolute atomic E-state index is 12.5. The number of hydrogen-bond acceptors (Lipinski definition) is 4. The van der Waals surface area contributed by atoms with Crippen LogP contribution < -0.4 is 9.47 Å². The molecule has 3 rings (SSSR count). The van der Waals surface area contributed by atoms with Gasteiger partial charge in [0.2, 0.25) is 5.88 Å². The van der Waals surface area contributed by atoms with Crippen molar-refractivity contribution in [2.75, 3.05) is 0 Å². The molecule has 0 fully saturated rings. The minimum atomic E-state index is -0.544. The molecule has 5 nitrogen and oxygen atoms in total. The molecule has 26 heavy (non-hydrogen) atoms. The molecular weight excluding hydrogens is 328 g/mol. The van der Waals surface area contributed by atoms with Crippen LogP contribution in [-0.2, 0) is 11.4 Å². The van der Waals surface area contributed by atoms with Gasteiger partial charge in [0.05, 0.1) is 5.41 Å². The van der Waals surface area contributed by atoms with Crippen LogP contribution in [-0.4, -0.2) is 15.4 Å². The highest BCUT2D eigenvalue weighted by Gasteiger charge is 2.29. The molecule has 5 heteroatoms. The number of pyridine rings is 1. The Hall–Kier alpha value is -2.82. The van der Waals surface area contributed by atoms with E-state index in [0.29, 0.717) is 36.0 Å². The van der Waals surface area contributed by atoms with E-state index in [-0.39, 0.29) is 5.97 Å². The lowest BCUT2D eigenvalue weighted by molar-refractivity contribution is -0.144. The first-order valence-electron chi connectivity index (χ1n) is 8.79. The van der Waals surface area contributed by atoms with E-state index < -0.39 is 5.41 Å². The summed E-state index contributed by atoms with van der Waals surface area (Å²) in [6, 6.07) is 13.7.